The lowest BCUT2D eigenvalue weighted by molar-refractivity contribution is -0.140. The maximum atomic E-state index is 13.3. The van der Waals surface area contributed by atoms with Crippen LogP contribution in [0.15, 0.2) is 12.3 Å². The summed E-state index contributed by atoms with van der Waals surface area (Å²) >= 11 is 0. The van der Waals surface area contributed by atoms with E-state index in [1.807, 2.05) is 19.9 Å². The monoisotopic (exact) mass is 368 g/mol. The largest absolute Gasteiger partial charge is 0.342 e. The molecule has 0 spiro atoms. The quantitative estimate of drug-likeness (QED) is 0.820. The van der Waals surface area contributed by atoms with Gasteiger partial charge in [0.25, 0.3) is 5.92 Å². The Morgan fingerprint density at radius 1 is 1.23 bits per heavy atom. The molecule has 26 heavy (non-hydrogen) atoms. The fourth-order valence-electron chi connectivity index (χ4n) is 3.62. The van der Waals surface area contributed by atoms with E-state index < -0.39 is 5.92 Å². The maximum absolute atomic E-state index is 13.3. The summed E-state index contributed by atoms with van der Waals surface area (Å²) in [5.74, 6) is -2.48. The number of carbonyl (C=O) groups is 2. The number of rotatable bonds is 4. The van der Waals surface area contributed by atoms with E-state index >= 15 is 0 Å². The lowest BCUT2D eigenvalue weighted by atomic mass is 10.0. The minimum atomic E-state index is -2.67. The molecule has 1 aromatic heterocycles. The number of halogens is 2. The van der Waals surface area contributed by atoms with E-state index in [0.29, 0.717) is 19.5 Å². The van der Waals surface area contributed by atoms with Crippen LogP contribution in [-0.2, 0) is 16.1 Å². The number of hydrogen-bond donors (Lipinski definition) is 0. The average molecular weight is 368 g/mol. The fourth-order valence-corrected chi connectivity index (χ4v) is 3.62. The molecule has 3 rings (SSSR count). The van der Waals surface area contributed by atoms with Gasteiger partial charge in [0.05, 0.1) is 24.7 Å². The van der Waals surface area contributed by atoms with Crippen LogP contribution in [-0.4, -0.2) is 57.0 Å². The highest BCUT2D eigenvalue weighted by Gasteiger charge is 2.37. The van der Waals surface area contributed by atoms with Crippen molar-refractivity contribution in [1.82, 2.24) is 19.6 Å². The molecule has 1 fully saturated rings. The molecule has 0 radical (unpaired) electrons. The van der Waals surface area contributed by atoms with Gasteiger partial charge < -0.3 is 9.80 Å². The van der Waals surface area contributed by atoms with Crippen molar-refractivity contribution < 1.29 is 18.4 Å². The van der Waals surface area contributed by atoms with Crippen molar-refractivity contribution in [3.63, 3.8) is 0 Å². The average Bonchev–Trinajstić information content (AvgIpc) is 3.02. The van der Waals surface area contributed by atoms with Gasteiger partial charge in [-0.2, -0.15) is 5.10 Å². The highest BCUT2D eigenvalue weighted by Crippen LogP contribution is 2.29. The van der Waals surface area contributed by atoms with Gasteiger partial charge in [-0.1, -0.05) is 13.8 Å². The molecule has 1 aromatic rings. The fraction of sp³-hybridized carbons (Fsp3) is 0.722. The molecule has 0 N–H and O–H groups in total. The van der Waals surface area contributed by atoms with E-state index in [0.717, 1.165) is 5.69 Å². The third kappa shape index (κ3) is 4.22. The first-order valence-electron chi connectivity index (χ1n) is 9.21. The molecule has 144 valence electrons. The number of fused-ring (bicyclic) bond motifs is 1. The van der Waals surface area contributed by atoms with Crippen LogP contribution in [0.1, 0.15) is 51.3 Å². The lowest BCUT2D eigenvalue weighted by Crippen LogP contribution is -2.46. The Kier molecular flexibility index (Phi) is 5.29. The van der Waals surface area contributed by atoms with E-state index in [2.05, 4.69) is 5.10 Å². The summed E-state index contributed by atoms with van der Waals surface area (Å²) in [4.78, 5) is 28.3. The first kappa shape index (κ1) is 18.8. The molecule has 0 unspecified atom stereocenters. The summed E-state index contributed by atoms with van der Waals surface area (Å²) in [6.45, 7) is 5.08. The minimum absolute atomic E-state index is 0.0718. The molecule has 3 heterocycles. The second kappa shape index (κ2) is 7.32. The summed E-state index contributed by atoms with van der Waals surface area (Å²) in [6, 6.07) is 1.60. The second-order valence-corrected chi connectivity index (χ2v) is 7.73. The van der Waals surface area contributed by atoms with Gasteiger partial charge in [-0.05, 0) is 12.0 Å². The Balaban J connectivity index is 1.66. The summed E-state index contributed by atoms with van der Waals surface area (Å²) in [6.07, 6.45) is 1.75. The molecule has 0 bridgehead atoms. The van der Waals surface area contributed by atoms with Crippen LogP contribution < -0.4 is 0 Å². The highest BCUT2D eigenvalue weighted by molar-refractivity contribution is 5.78. The van der Waals surface area contributed by atoms with E-state index in [1.54, 1.807) is 15.8 Å². The van der Waals surface area contributed by atoms with Crippen molar-refractivity contribution in [2.75, 3.05) is 19.6 Å². The molecule has 0 aliphatic carbocycles. The Morgan fingerprint density at radius 3 is 2.58 bits per heavy atom. The third-order valence-electron chi connectivity index (χ3n) is 5.08. The van der Waals surface area contributed by atoms with Crippen molar-refractivity contribution in [2.24, 2.45) is 5.92 Å². The molecule has 2 amide bonds. The number of aromatic nitrogens is 2. The molecule has 2 aliphatic heterocycles. The summed E-state index contributed by atoms with van der Waals surface area (Å²) in [5, 5.41) is 4.30. The normalized spacial score (nSPS) is 22.4. The maximum Gasteiger partial charge on any atom is 0.251 e. The van der Waals surface area contributed by atoms with Crippen LogP contribution in [0.2, 0.25) is 0 Å². The lowest BCUT2D eigenvalue weighted by Gasteiger charge is -2.36. The van der Waals surface area contributed by atoms with Gasteiger partial charge in [-0.25, -0.2) is 8.78 Å². The summed E-state index contributed by atoms with van der Waals surface area (Å²) in [7, 11) is 0. The van der Waals surface area contributed by atoms with Crippen molar-refractivity contribution in [2.45, 2.75) is 58.0 Å². The number of carbonyl (C=O) groups excluding carboxylic acids is 2. The number of amides is 2. The number of likely N-dealkylation sites (tertiary alicyclic amines) is 1. The molecule has 0 aromatic carbocycles. The van der Waals surface area contributed by atoms with E-state index in [9.17, 15) is 18.4 Å². The molecular weight excluding hydrogens is 342 g/mol. The smallest absolute Gasteiger partial charge is 0.251 e. The summed E-state index contributed by atoms with van der Waals surface area (Å²) in [5.41, 5.74) is 0.899. The van der Waals surface area contributed by atoms with Gasteiger partial charge in [0, 0.05) is 45.1 Å². The number of piperidine rings is 1. The zero-order chi connectivity index (χ0) is 18.9. The van der Waals surface area contributed by atoms with Gasteiger partial charge in [-0.3, -0.25) is 14.3 Å². The SMILES string of the molecule is CC(C)CC(=O)N1Cc2ccnn2[C@H](CC(=O)N2CCC(F)(F)CC2)C1. The van der Waals surface area contributed by atoms with E-state index in [4.69, 9.17) is 0 Å². The van der Waals surface area contributed by atoms with Crippen LogP contribution in [0.4, 0.5) is 8.78 Å². The van der Waals surface area contributed by atoms with Crippen LogP contribution >= 0.6 is 0 Å². The molecule has 0 saturated carbocycles. The van der Waals surface area contributed by atoms with Crippen molar-refractivity contribution in [3.8, 4) is 0 Å². The first-order valence-corrected chi connectivity index (χ1v) is 9.21. The molecule has 6 nitrogen and oxygen atoms in total. The van der Waals surface area contributed by atoms with Gasteiger partial charge >= 0.3 is 0 Å². The minimum Gasteiger partial charge on any atom is -0.342 e. The zero-order valence-corrected chi connectivity index (χ0v) is 15.3. The first-order chi connectivity index (χ1) is 12.2. The molecule has 2 aliphatic rings. The van der Waals surface area contributed by atoms with Crippen LogP contribution in [0.5, 0.6) is 0 Å². The summed E-state index contributed by atoms with van der Waals surface area (Å²) < 4.78 is 28.4. The van der Waals surface area contributed by atoms with Crippen LogP contribution in [0.3, 0.4) is 0 Å². The number of alkyl halides is 2. The predicted molar refractivity (Wildman–Crippen MR) is 91.5 cm³/mol. The molecular formula is C18H26F2N4O2. The van der Waals surface area contributed by atoms with Crippen molar-refractivity contribution >= 4 is 11.8 Å². The van der Waals surface area contributed by atoms with Gasteiger partial charge in [0.2, 0.25) is 11.8 Å². The van der Waals surface area contributed by atoms with Gasteiger partial charge in [-0.15, -0.1) is 0 Å². The molecule has 8 heteroatoms. The van der Waals surface area contributed by atoms with Crippen LogP contribution in [0, 0.1) is 5.92 Å². The Hall–Kier alpha value is -1.99. The van der Waals surface area contributed by atoms with Gasteiger partial charge in [0.1, 0.15) is 0 Å². The predicted octanol–water partition coefficient (Wildman–Crippen LogP) is 2.46. The van der Waals surface area contributed by atoms with E-state index in [-0.39, 0.29) is 56.1 Å². The Morgan fingerprint density at radius 2 is 1.92 bits per heavy atom. The number of hydrogen-bond acceptors (Lipinski definition) is 3. The Bertz CT molecular complexity index is 664. The highest BCUT2D eigenvalue weighted by atomic mass is 19.3. The topological polar surface area (TPSA) is 58.4 Å². The molecule has 1 saturated heterocycles. The Labute approximate surface area is 152 Å². The van der Waals surface area contributed by atoms with Crippen molar-refractivity contribution in [3.05, 3.63) is 18.0 Å². The van der Waals surface area contributed by atoms with Crippen LogP contribution in [0.25, 0.3) is 0 Å². The molecule has 1 atom stereocenters. The zero-order valence-electron chi connectivity index (χ0n) is 15.3. The van der Waals surface area contributed by atoms with Gasteiger partial charge in [0.15, 0.2) is 0 Å². The third-order valence-corrected chi connectivity index (χ3v) is 5.08. The van der Waals surface area contributed by atoms with Crippen molar-refractivity contribution in [1.29, 1.82) is 0 Å². The van der Waals surface area contributed by atoms with E-state index in [1.165, 1.54) is 4.90 Å². The second-order valence-electron chi connectivity index (χ2n) is 7.73. The standard InChI is InChI=1S/C18H26F2N4O2/c1-13(2)9-16(25)23-11-14-3-6-21-24(14)15(12-23)10-17(26)22-7-4-18(19,20)5-8-22/h3,6,13,15H,4-5,7-12H2,1-2H3/t15-/m1/s1. The number of nitrogens with zero attached hydrogens (tertiary/aromatic N) is 4.